The van der Waals surface area contributed by atoms with Crippen LogP contribution in [-0.2, 0) is 4.79 Å². The molecule has 68 valence electrons. The minimum Gasteiger partial charge on any atom is -0.211 e. The van der Waals surface area contributed by atoms with Gasteiger partial charge in [-0.15, -0.1) is 0 Å². The monoisotopic (exact) mass is 175 g/mol. The predicted octanol–water partition coefficient (Wildman–Crippen LogP) is 2.15. The average molecular weight is 175 g/mol. The van der Waals surface area contributed by atoms with Gasteiger partial charge < -0.3 is 0 Å². The van der Waals surface area contributed by atoms with Gasteiger partial charge in [-0.25, -0.2) is 18.6 Å². The minimum atomic E-state index is -2.63. The molecule has 0 aromatic carbocycles. The van der Waals surface area contributed by atoms with Crippen LogP contribution in [0, 0.1) is 5.92 Å². The summed E-state index contributed by atoms with van der Waals surface area (Å²) in [5, 5.41) is 0. The van der Waals surface area contributed by atoms with E-state index < -0.39 is 11.8 Å². The summed E-state index contributed by atoms with van der Waals surface area (Å²) in [6.07, 6.45) is 3.06. The lowest BCUT2D eigenvalue weighted by Gasteiger charge is -2.32. The lowest BCUT2D eigenvalue weighted by Crippen LogP contribution is -2.33. The fourth-order valence-electron chi connectivity index (χ4n) is 1.29. The van der Waals surface area contributed by atoms with Crippen LogP contribution in [0.3, 0.4) is 0 Å². The van der Waals surface area contributed by atoms with Crippen LogP contribution >= 0.6 is 0 Å². The van der Waals surface area contributed by atoms with E-state index in [1.54, 1.807) is 0 Å². The van der Waals surface area contributed by atoms with Gasteiger partial charge in [0.2, 0.25) is 6.08 Å². The van der Waals surface area contributed by atoms with Crippen LogP contribution in [-0.4, -0.2) is 18.5 Å². The number of hydrogen-bond acceptors (Lipinski definition) is 2. The molecule has 0 aliphatic heterocycles. The second kappa shape index (κ2) is 3.76. The van der Waals surface area contributed by atoms with Crippen molar-refractivity contribution in [1.82, 2.24) is 0 Å². The van der Waals surface area contributed by atoms with Gasteiger partial charge in [-0.2, -0.15) is 0 Å². The molecule has 0 unspecified atom stereocenters. The quantitative estimate of drug-likeness (QED) is 0.475. The van der Waals surface area contributed by atoms with Crippen molar-refractivity contribution < 1.29 is 13.6 Å². The van der Waals surface area contributed by atoms with Gasteiger partial charge in [0.1, 0.15) is 0 Å². The summed E-state index contributed by atoms with van der Waals surface area (Å²) in [6, 6.07) is 0. The maximum atomic E-state index is 13.0. The zero-order valence-corrected chi connectivity index (χ0v) is 6.72. The number of alkyl halides is 2. The zero-order valence-electron chi connectivity index (χ0n) is 6.72. The molecule has 0 bridgehead atoms. The first-order valence-corrected chi connectivity index (χ1v) is 4.08. The van der Waals surface area contributed by atoms with Gasteiger partial charge in [0.05, 0.1) is 6.54 Å². The van der Waals surface area contributed by atoms with Crippen LogP contribution in [0.4, 0.5) is 8.78 Å². The first-order chi connectivity index (χ1) is 5.67. The van der Waals surface area contributed by atoms with Gasteiger partial charge in [0.15, 0.2) is 0 Å². The molecule has 0 amide bonds. The number of carbonyl (C=O) groups excluding carboxylic acids is 1. The lowest BCUT2D eigenvalue weighted by atomic mass is 9.79. The third kappa shape index (κ3) is 2.11. The van der Waals surface area contributed by atoms with Gasteiger partial charge in [-0.05, 0) is 12.8 Å². The van der Waals surface area contributed by atoms with E-state index in [4.69, 9.17) is 0 Å². The van der Waals surface area contributed by atoms with Crippen LogP contribution in [0.15, 0.2) is 4.99 Å². The Kier molecular flexibility index (Phi) is 2.93. The normalized spacial score (nSPS) is 18.2. The number of rotatable bonds is 4. The van der Waals surface area contributed by atoms with Gasteiger partial charge in [0, 0.05) is 12.3 Å². The second-order valence-corrected chi connectivity index (χ2v) is 3.11. The molecule has 1 aliphatic rings. The molecule has 4 heteroatoms. The van der Waals surface area contributed by atoms with E-state index in [9.17, 15) is 13.6 Å². The van der Waals surface area contributed by atoms with Gasteiger partial charge in [0.25, 0.3) is 5.92 Å². The van der Waals surface area contributed by atoms with Crippen LogP contribution < -0.4 is 0 Å². The van der Waals surface area contributed by atoms with Crippen molar-refractivity contribution in [2.24, 2.45) is 10.9 Å². The molecule has 0 heterocycles. The van der Waals surface area contributed by atoms with E-state index in [0.717, 1.165) is 6.42 Å². The molecule has 2 nitrogen and oxygen atoms in total. The number of halogens is 2. The van der Waals surface area contributed by atoms with Crippen LogP contribution in [0.2, 0.25) is 0 Å². The third-order valence-electron chi connectivity index (χ3n) is 2.32. The second-order valence-electron chi connectivity index (χ2n) is 3.11. The molecule has 0 aromatic rings. The number of aliphatic imine (C=N–C) groups is 1. The highest BCUT2D eigenvalue weighted by Gasteiger charge is 2.41. The lowest BCUT2D eigenvalue weighted by molar-refractivity contribution is -0.0909. The Morgan fingerprint density at radius 3 is 2.58 bits per heavy atom. The van der Waals surface area contributed by atoms with Crippen molar-refractivity contribution in [2.75, 3.05) is 6.54 Å². The Bertz CT molecular complexity index is 195. The van der Waals surface area contributed by atoms with Crippen molar-refractivity contribution in [3.05, 3.63) is 0 Å². The molecule has 0 saturated heterocycles. The summed E-state index contributed by atoms with van der Waals surface area (Å²) in [5.74, 6) is -3.10. The molecular weight excluding hydrogens is 164 g/mol. The van der Waals surface area contributed by atoms with Gasteiger partial charge in [-0.3, -0.25) is 0 Å². The van der Waals surface area contributed by atoms with Crippen LogP contribution in [0.25, 0.3) is 0 Å². The average Bonchev–Trinajstić information content (AvgIpc) is 1.82. The number of hydrogen-bond donors (Lipinski definition) is 0. The molecule has 1 aliphatic carbocycles. The smallest absolute Gasteiger partial charge is 0.211 e. The summed E-state index contributed by atoms with van der Waals surface area (Å²) in [4.78, 5) is 12.7. The van der Waals surface area contributed by atoms with Gasteiger partial charge in [-0.1, -0.05) is 6.42 Å². The molecular formula is C8H11F2NO. The summed E-state index contributed by atoms with van der Waals surface area (Å²) < 4.78 is 26.0. The van der Waals surface area contributed by atoms with E-state index in [1.165, 1.54) is 6.08 Å². The Morgan fingerprint density at radius 1 is 1.50 bits per heavy atom. The zero-order chi connectivity index (χ0) is 9.03. The SMILES string of the molecule is O=C=NCCC(F)(F)C1CCC1. The minimum absolute atomic E-state index is 0.104. The standard InChI is InChI=1S/C8H11F2NO/c9-8(10,4-5-11-6-12)7-2-1-3-7/h7H,1-5H2. The Balaban J connectivity index is 2.31. The highest BCUT2D eigenvalue weighted by atomic mass is 19.3. The number of isocyanates is 1. The topological polar surface area (TPSA) is 29.4 Å². The molecule has 12 heavy (non-hydrogen) atoms. The number of nitrogens with zero attached hydrogens (tertiary/aromatic N) is 1. The molecule has 0 spiro atoms. The molecule has 1 rings (SSSR count). The molecule has 0 atom stereocenters. The molecule has 1 saturated carbocycles. The van der Waals surface area contributed by atoms with Crippen molar-refractivity contribution in [3.63, 3.8) is 0 Å². The fraction of sp³-hybridized carbons (Fsp3) is 0.875. The van der Waals surface area contributed by atoms with Gasteiger partial charge >= 0.3 is 0 Å². The molecule has 0 aromatic heterocycles. The maximum absolute atomic E-state index is 13.0. The van der Waals surface area contributed by atoms with E-state index in [0.29, 0.717) is 12.8 Å². The van der Waals surface area contributed by atoms with Crippen molar-refractivity contribution in [3.8, 4) is 0 Å². The Hall–Kier alpha value is -0.760. The summed E-state index contributed by atoms with van der Waals surface area (Å²) in [5.41, 5.74) is 0. The highest BCUT2D eigenvalue weighted by molar-refractivity contribution is 5.32. The summed E-state index contributed by atoms with van der Waals surface area (Å²) in [7, 11) is 0. The van der Waals surface area contributed by atoms with E-state index in [1.807, 2.05) is 0 Å². The fourth-order valence-corrected chi connectivity index (χ4v) is 1.29. The first-order valence-electron chi connectivity index (χ1n) is 4.08. The first kappa shape index (κ1) is 9.33. The van der Waals surface area contributed by atoms with E-state index in [-0.39, 0.29) is 13.0 Å². The van der Waals surface area contributed by atoms with Crippen molar-refractivity contribution >= 4 is 6.08 Å². The van der Waals surface area contributed by atoms with Crippen LogP contribution in [0.1, 0.15) is 25.7 Å². The third-order valence-corrected chi connectivity index (χ3v) is 2.32. The molecule has 0 radical (unpaired) electrons. The summed E-state index contributed by atoms with van der Waals surface area (Å²) >= 11 is 0. The molecule has 1 fully saturated rings. The van der Waals surface area contributed by atoms with Crippen molar-refractivity contribution in [1.29, 1.82) is 0 Å². The van der Waals surface area contributed by atoms with Crippen LogP contribution in [0.5, 0.6) is 0 Å². The Morgan fingerprint density at radius 2 is 2.17 bits per heavy atom. The molecule has 0 N–H and O–H groups in total. The highest BCUT2D eigenvalue weighted by Crippen LogP contribution is 2.41. The van der Waals surface area contributed by atoms with E-state index in [2.05, 4.69) is 4.99 Å². The predicted molar refractivity (Wildman–Crippen MR) is 39.9 cm³/mol. The van der Waals surface area contributed by atoms with Crippen molar-refractivity contribution in [2.45, 2.75) is 31.6 Å². The largest absolute Gasteiger partial charge is 0.252 e. The Labute approximate surface area is 69.7 Å². The summed E-state index contributed by atoms with van der Waals surface area (Å²) in [6.45, 7) is -0.104. The maximum Gasteiger partial charge on any atom is 0.252 e. The van der Waals surface area contributed by atoms with E-state index >= 15 is 0 Å².